The molecular formula is C27H24N4O6S2. The lowest BCUT2D eigenvalue weighted by molar-refractivity contribution is 0.484. The highest BCUT2D eigenvalue weighted by Gasteiger charge is 2.19. The second-order valence-electron chi connectivity index (χ2n) is 9.06. The molecule has 0 amide bonds. The first kappa shape index (κ1) is 26.2. The van der Waals surface area contributed by atoms with Crippen molar-refractivity contribution < 1.29 is 21.6 Å². The van der Waals surface area contributed by atoms with E-state index in [0.29, 0.717) is 22.5 Å². The van der Waals surface area contributed by atoms with Crippen LogP contribution in [0.1, 0.15) is 5.56 Å². The number of ether oxygens (including phenoxy) is 1. The van der Waals surface area contributed by atoms with Gasteiger partial charge in [-0.1, -0.05) is 18.2 Å². The van der Waals surface area contributed by atoms with Crippen LogP contribution in [-0.2, 0) is 26.9 Å². The number of imidazole rings is 1. The minimum Gasteiger partial charge on any atom is -0.457 e. The monoisotopic (exact) mass is 564 g/mol. The molecule has 39 heavy (non-hydrogen) atoms. The summed E-state index contributed by atoms with van der Waals surface area (Å²) in [4.78, 5) is 16.8. The topological polar surface area (TPSA) is 129 Å². The van der Waals surface area contributed by atoms with Crippen LogP contribution < -0.4 is 15.0 Å². The molecule has 1 N–H and O–H groups in total. The number of anilines is 1. The number of sulfonamides is 1. The fourth-order valence-electron chi connectivity index (χ4n) is 4.11. The Hall–Kier alpha value is -4.42. The number of nitrogens with zero attached hydrogens (tertiary/aromatic N) is 3. The highest BCUT2D eigenvalue weighted by molar-refractivity contribution is 7.92. The van der Waals surface area contributed by atoms with Gasteiger partial charge in [-0.15, -0.1) is 0 Å². The highest BCUT2D eigenvalue weighted by atomic mass is 32.2. The van der Waals surface area contributed by atoms with Crippen LogP contribution in [-0.4, -0.2) is 37.0 Å². The standard InChI is InChI=1S/C27H24N4O6S2/c1-18-6-4-9-22(12-18)39(35,36)29-19-7-5-8-20(13-19)37-26-11-10-21(38(3,33)34)14-23(26)25-16-30(2)27(32)24-15-28-17-31(24)25/h4-17,29H,1-3H3. The van der Waals surface area contributed by atoms with Crippen LogP contribution in [0.3, 0.4) is 0 Å². The smallest absolute Gasteiger partial charge is 0.276 e. The predicted molar refractivity (Wildman–Crippen MR) is 147 cm³/mol. The van der Waals surface area contributed by atoms with Crippen LogP contribution in [0, 0.1) is 6.92 Å². The third-order valence-corrected chi connectivity index (χ3v) is 8.51. The molecule has 0 fully saturated rings. The van der Waals surface area contributed by atoms with E-state index in [1.54, 1.807) is 48.0 Å². The van der Waals surface area contributed by atoms with Gasteiger partial charge in [0.1, 0.15) is 17.0 Å². The van der Waals surface area contributed by atoms with Crippen molar-refractivity contribution >= 4 is 31.1 Å². The molecule has 0 aliphatic rings. The van der Waals surface area contributed by atoms with E-state index in [1.165, 1.54) is 47.4 Å². The lowest BCUT2D eigenvalue weighted by Crippen LogP contribution is -2.19. The quantitative estimate of drug-likeness (QED) is 0.316. The van der Waals surface area contributed by atoms with Crippen molar-refractivity contribution in [2.75, 3.05) is 11.0 Å². The highest BCUT2D eigenvalue weighted by Crippen LogP contribution is 2.36. The summed E-state index contributed by atoms with van der Waals surface area (Å²) in [5.41, 5.74) is 1.99. The maximum atomic E-state index is 12.9. The second kappa shape index (κ2) is 9.71. The van der Waals surface area contributed by atoms with E-state index in [9.17, 15) is 21.6 Å². The molecule has 200 valence electrons. The van der Waals surface area contributed by atoms with Gasteiger partial charge in [-0.05, 0) is 55.0 Å². The minimum absolute atomic E-state index is 0.0617. The van der Waals surface area contributed by atoms with E-state index in [-0.39, 0.29) is 26.8 Å². The SMILES string of the molecule is Cc1cccc(S(=O)(=O)Nc2cccc(Oc3ccc(S(C)(=O)=O)cc3-c3cn(C)c(=O)c4cncn34)c2)c1. The fraction of sp³-hybridized carbons (Fsp3) is 0.111. The number of rotatable bonds is 7. The van der Waals surface area contributed by atoms with Crippen molar-refractivity contribution in [1.82, 2.24) is 14.0 Å². The number of sulfone groups is 1. The van der Waals surface area contributed by atoms with Gasteiger partial charge in [0.25, 0.3) is 15.6 Å². The normalized spacial score (nSPS) is 12.0. The molecule has 0 atom stereocenters. The molecule has 2 aromatic heterocycles. The summed E-state index contributed by atoms with van der Waals surface area (Å²) in [6, 6.07) is 17.4. The van der Waals surface area contributed by atoms with Gasteiger partial charge in [0.05, 0.1) is 33.7 Å². The zero-order valence-corrected chi connectivity index (χ0v) is 22.8. The molecule has 0 aliphatic heterocycles. The molecule has 5 aromatic rings. The van der Waals surface area contributed by atoms with E-state index in [2.05, 4.69) is 9.71 Å². The van der Waals surface area contributed by atoms with Crippen molar-refractivity contribution in [3.05, 3.63) is 101 Å². The Morgan fingerprint density at radius 3 is 2.44 bits per heavy atom. The molecule has 5 rings (SSSR count). The van der Waals surface area contributed by atoms with E-state index in [0.717, 1.165) is 11.8 Å². The summed E-state index contributed by atoms with van der Waals surface area (Å²) < 4.78 is 62.2. The third kappa shape index (κ3) is 5.29. The van der Waals surface area contributed by atoms with E-state index < -0.39 is 19.9 Å². The average molecular weight is 565 g/mol. The van der Waals surface area contributed by atoms with Gasteiger partial charge in [-0.2, -0.15) is 0 Å². The number of fused-ring (bicyclic) bond motifs is 1. The van der Waals surface area contributed by atoms with Crippen molar-refractivity contribution in [2.45, 2.75) is 16.7 Å². The zero-order valence-electron chi connectivity index (χ0n) is 21.2. The summed E-state index contributed by atoms with van der Waals surface area (Å²) in [6.07, 6.45) is 5.56. The molecule has 3 aromatic carbocycles. The Labute approximate surface area is 225 Å². The van der Waals surface area contributed by atoms with Gasteiger partial charge < -0.3 is 9.30 Å². The van der Waals surface area contributed by atoms with Gasteiger partial charge in [0.2, 0.25) is 0 Å². The Kier molecular flexibility index (Phi) is 6.52. The lowest BCUT2D eigenvalue weighted by Gasteiger charge is -2.16. The van der Waals surface area contributed by atoms with Gasteiger partial charge in [0, 0.05) is 31.1 Å². The lowest BCUT2D eigenvalue weighted by atomic mass is 10.1. The van der Waals surface area contributed by atoms with Crippen LogP contribution in [0.15, 0.2) is 100 Å². The van der Waals surface area contributed by atoms with E-state index in [1.807, 2.05) is 13.0 Å². The van der Waals surface area contributed by atoms with Crippen LogP contribution in [0.25, 0.3) is 16.8 Å². The first-order chi connectivity index (χ1) is 18.4. The number of nitrogens with one attached hydrogen (secondary N) is 1. The Balaban J connectivity index is 1.57. The van der Waals surface area contributed by atoms with Crippen molar-refractivity contribution in [2.24, 2.45) is 7.05 Å². The number of aromatic nitrogens is 3. The Morgan fingerprint density at radius 1 is 0.923 bits per heavy atom. The molecule has 12 heteroatoms. The number of aryl methyl sites for hydroxylation is 2. The summed E-state index contributed by atoms with van der Waals surface area (Å²) in [5.74, 6) is 0.592. The fourth-order valence-corrected chi connectivity index (χ4v) is 5.91. The maximum Gasteiger partial charge on any atom is 0.276 e. The number of hydrogen-bond acceptors (Lipinski definition) is 7. The molecule has 0 saturated carbocycles. The number of hydrogen-bond donors (Lipinski definition) is 1. The van der Waals surface area contributed by atoms with Gasteiger partial charge in [0.15, 0.2) is 9.84 Å². The van der Waals surface area contributed by atoms with Gasteiger partial charge in [-0.3, -0.25) is 13.9 Å². The molecule has 10 nitrogen and oxygen atoms in total. The number of benzene rings is 3. The maximum absolute atomic E-state index is 12.9. The molecule has 0 unspecified atom stereocenters. The van der Waals surface area contributed by atoms with Crippen LogP contribution in [0.2, 0.25) is 0 Å². The largest absolute Gasteiger partial charge is 0.457 e. The minimum atomic E-state index is -3.84. The van der Waals surface area contributed by atoms with Crippen molar-refractivity contribution in [1.29, 1.82) is 0 Å². The molecule has 0 bridgehead atoms. The van der Waals surface area contributed by atoms with Crippen LogP contribution >= 0.6 is 0 Å². The summed E-state index contributed by atoms with van der Waals surface area (Å²) in [6.45, 7) is 1.81. The van der Waals surface area contributed by atoms with Gasteiger partial charge >= 0.3 is 0 Å². The molecule has 0 aliphatic carbocycles. The van der Waals surface area contributed by atoms with E-state index >= 15 is 0 Å². The first-order valence-corrected chi connectivity index (χ1v) is 15.0. The predicted octanol–water partition coefficient (Wildman–Crippen LogP) is 4.01. The zero-order chi connectivity index (χ0) is 27.9. The molecule has 0 spiro atoms. The molecular weight excluding hydrogens is 540 g/mol. The summed E-state index contributed by atoms with van der Waals surface area (Å²) in [5, 5.41) is 0. The molecule has 2 heterocycles. The van der Waals surface area contributed by atoms with E-state index in [4.69, 9.17) is 4.74 Å². The first-order valence-electron chi connectivity index (χ1n) is 11.7. The molecule has 0 radical (unpaired) electrons. The van der Waals surface area contributed by atoms with Crippen LogP contribution in [0.5, 0.6) is 11.5 Å². The Bertz CT molecular complexity index is 2010. The second-order valence-corrected chi connectivity index (χ2v) is 12.8. The Morgan fingerprint density at radius 2 is 1.69 bits per heavy atom. The van der Waals surface area contributed by atoms with Crippen LogP contribution in [0.4, 0.5) is 5.69 Å². The van der Waals surface area contributed by atoms with Crippen molar-refractivity contribution in [3.8, 4) is 22.8 Å². The summed E-state index contributed by atoms with van der Waals surface area (Å²) in [7, 11) is -5.82. The third-order valence-electron chi connectivity index (χ3n) is 6.02. The summed E-state index contributed by atoms with van der Waals surface area (Å²) >= 11 is 0. The molecule has 0 saturated heterocycles. The van der Waals surface area contributed by atoms with Crippen molar-refractivity contribution in [3.63, 3.8) is 0 Å². The average Bonchev–Trinajstić information content (AvgIpc) is 3.36. The van der Waals surface area contributed by atoms with Gasteiger partial charge in [-0.25, -0.2) is 21.8 Å².